The van der Waals surface area contributed by atoms with Crippen LogP contribution < -0.4 is 9.47 Å². The summed E-state index contributed by atoms with van der Waals surface area (Å²) >= 11 is 0. The van der Waals surface area contributed by atoms with Crippen molar-refractivity contribution in [2.75, 3.05) is 14.2 Å². The number of methoxy groups -OCH3 is 2. The fourth-order valence-corrected chi connectivity index (χ4v) is 2.31. The van der Waals surface area contributed by atoms with Crippen LogP contribution in [0.4, 0.5) is 0 Å². The average Bonchev–Trinajstić information content (AvgIpc) is 3.03. The number of hydrogen-bond acceptors (Lipinski definition) is 4. The lowest BCUT2D eigenvalue weighted by atomic mass is 10.1. The highest BCUT2D eigenvalue weighted by Crippen LogP contribution is 2.25. The van der Waals surface area contributed by atoms with E-state index in [9.17, 15) is 0 Å². The third kappa shape index (κ3) is 3.09. The Labute approximate surface area is 128 Å². The number of aromatic nitrogens is 3. The second kappa shape index (κ2) is 6.30. The first-order valence-electron chi connectivity index (χ1n) is 6.95. The summed E-state index contributed by atoms with van der Waals surface area (Å²) < 4.78 is 10.6. The number of pyridine rings is 1. The van der Waals surface area contributed by atoms with E-state index in [1.807, 2.05) is 36.4 Å². The highest BCUT2D eigenvalue weighted by molar-refractivity contribution is 5.58. The Bertz CT molecular complexity index is 731. The molecule has 0 amide bonds. The maximum absolute atomic E-state index is 5.30. The van der Waals surface area contributed by atoms with Gasteiger partial charge in [-0.15, -0.1) is 0 Å². The molecule has 1 N–H and O–H groups in total. The molecule has 0 saturated heterocycles. The molecule has 0 radical (unpaired) electrons. The van der Waals surface area contributed by atoms with E-state index in [0.717, 1.165) is 40.4 Å². The van der Waals surface area contributed by atoms with Crippen LogP contribution in [0.3, 0.4) is 0 Å². The fourth-order valence-electron chi connectivity index (χ4n) is 2.31. The first kappa shape index (κ1) is 14.1. The Balaban J connectivity index is 1.83. The molecular weight excluding hydrogens is 278 g/mol. The molecule has 1 aromatic carbocycles. The number of ether oxygens (including phenoxy) is 2. The molecule has 0 bridgehead atoms. The monoisotopic (exact) mass is 295 g/mol. The van der Waals surface area contributed by atoms with Gasteiger partial charge in [0.1, 0.15) is 11.5 Å². The smallest absolute Gasteiger partial charge is 0.122 e. The van der Waals surface area contributed by atoms with Gasteiger partial charge in [0.25, 0.3) is 0 Å². The molecule has 2 heterocycles. The number of nitrogens with one attached hydrogen (secondary N) is 1. The summed E-state index contributed by atoms with van der Waals surface area (Å²) in [5.74, 6) is 1.56. The third-order valence-corrected chi connectivity index (χ3v) is 3.41. The van der Waals surface area contributed by atoms with Crippen LogP contribution in [0.2, 0.25) is 0 Å². The lowest BCUT2D eigenvalue weighted by Crippen LogP contribution is -1.93. The molecule has 3 aromatic rings. The average molecular weight is 295 g/mol. The van der Waals surface area contributed by atoms with E-state index in [0.29, 0.717) is 0 Å². The predicted octanol–water partition coefficient (Wildman–Crippen LogP) is 3.08. The molecule has 0 spiro atoms. The van der Waals surface area contributed by atoms with Crippen molar-refractivity contribution in [3.8, 4) is 22.8 Å². The van der Waals surface area contributed by atoms with E-state index >= 15 is 0 Å². The van der Waals surface area contributed by atoms with Gasteiger partial charge in [-0.25, -0.2) is 0 Å². The molecule has 5 heteroatoms. The molecule has 0 unspecified atom stereocenters. The number of hydrogen-bond donors (Lipinski definition) is 1. The normalized spacial score (nSPS) is 10.5. The molecule has 0 atom stereocenters. The summed E-state index contributed by atoms with van der Waals surface area (Å²) in [6.45, 7) is 0. The van der Waals surface area contributed by atoms with Crippen molar-refractivity contribution >= 4 is 0 Å². The molecule has 3 rings (SSSR count). The van der Waals surface area contributed by atoms with Crippen molar-refractivity contribution in [2.24, 2.45) is 0 Å². The van der Waals surface area contributed by atoms with E-state index in [-0.39, 0.29) is 0 Å². The Kier molecular flexibility index (Phi) is 4.05. The van der Waals surface area contributed by atoms with Gasteiger partial charge < -0.3 is 9.47 Å². The summed E-state index contributed by atoms with van der Waals surface area (Å²) in [4.78, 5) is 4.02. The molecule has 22 heavy (non-hydrogen) atoms. The topological polar surface area (TPSA) is 60.0 Å². The zero-order chi connectivity index (χ0) is 15.4. The Morgan fingerprint density at radius 1 is 0.955 bits per heavy atom. The molecule has 5 nitrogen and oxygen atoms in total. The minimum Gasteiger partial charge on any atom is -0.497 e. The largest absolute Gasteiger partial charge is 0.497 e. The van der Waals surface area contributed by atoms with Gasteiger partial charge in [0.15, 0.2) is 0 Å². The summed E-state index contributed by atoms with van der Waals surface area (Å²) in [6, 6.07) is 11.8. The Morgan fingerprint density at radius 3 is 2.27 bits per heavy atom. The molecule has 0 saturated carbocycles. The van der Waals surface area contributed by atoms with Crippen molar-refractivity contribution in [1.29, 1.82) is 0 Å². The van der Waals surface area contributed by atoms with Crippen LogP contribution in [0, 0.1) is 0 Å². The van der Waals surface area contributed by atoms with E-state index in [4.69, 9.17) is 9.47 Å². The van der Waals surface area contributed by atoms with Crippen LogP contribution in [0.25, 0.3) is 11.3 Å². The fraction of sp³-hybridized carbons (Fsp3) is 0.176. The molecule has 0 aliphatic carbocycles. The van der Waals surface area contributed by atoms with Crippen LogP contribution in [-0.2, 0) is 6.42 Å². The highest BCUT2D eigenvalue weighted by Gasteiger charge is 2.07. The van der Waals surface area contributed by atoms with Gasteiger partial charge in [0, 0.05) is 36.1 Å². The number of rotatable bonds is 5. The van der Waals surface area contributed by atoms with Crippen molar-refractivity contribution in [1.82, 2.24) is 15.2 Å². The van der Waals surface area contributed by atoms with Crippen molar-refractivity contribution in [3.05, 3.63) is 60.0 Å². The van der Waals surface area contributed by atoms with E-state index in [2.05, 4.69) is 15.2 Å². The minimum atomic E-state index is 0.728. The van der Waals surface area contributed by atoms with Gasteiger partial charge in [0.05, 0.1) is 19.9 Å². The second-order valence-corrected chi connectivity index (χ2v) is 4.91. The molecule has 112 valence electrons. The van der Waals surface area contributed by atoms with Crippen molar-refractivity contribution < 1.29 is 9.47 Å². The number of H-pyrrole nitrogens is 1. The zero-order valence-corrected chi connectivity index (χ0v) is 12.5. The molecular formula is C17H17N3O2. The van der Waals surface area contributed by atoms with Gasteiger partial charge >= 0.3 is 0 Å². The quantitative estimate of drug-likeness (QED) is 0.786. The molecule has 0 aliphatic rings. The number of benzene rings is 1. The summed E-state index contributed by atoms with van der Waals surface area (Å²) in [7, 11) is 3.30. The Morgan fingerprint density at radius 2 is 1.64 bits per heavy atom. The van der Waals surface area contributed by atoms with Gasteiger partial charge in [0.2, 0.25) is 0 Å². The van der Waals surface area contributed by atoms with Gasteiger partial charge in [-0.2, -0.15) is 5.10 Å². The molecule has 0 aliphatic heterocycles. The standard InChI is InChI=1S/C17H17N3O2/c1-21-15-8-12(9-16(11-15)22-2)7-14-10-17(20-19-14)13-3-5-18-6-4-13/h3-6,8-11H,7H2,1-2H3,(H,19,20). The van der Waals surface area contributed by atoms with E-state index in [1.54, 1.807) is 26.6 Å². The highest BCUT2D eigenvalue weighted by atomic mass is 16.5. The van der Waals surface area contributed by atoms with E-state index < -0.39 is 0 Å². The van der Waals surface area contributed by atoms with Gasteiger partial charge in [-0.3, -0.25) is 10.1 Å². The van der Waals surface area contributed by atoms with Gasteiger partial charge in [-0.1, -0.05) is 0 Å². The maximum atomic E-state index is 5.30. The van der Waals surface area contributed by atoms with Crippen LogP contribution in [0.15, 0.2) is 48.8 Å². The first-order valence-corrected chi connectivity index (χ1v) is 6.95. The van der Waals surface area contributed by atoms with Crippen LogP contribution >= 0.6 is 0 Å². The van der Waals surface area contributed by atoms with Crippen LogP contribution in [0.5, 0.6) is 11.5 Å². The maximum Gasteiger partial charge on any atom is 0.122 e. The van der Waals surface area contributed by atoms with Gasteiger partial charge in [-0.05, 0) is 35.9 Å². The zero-order valence-electron chi connectivity index (χ0n) is 12.5. The third-order valence-electron chi connectivity index (χ3n) is 3.41. The SMILES string of the molecule is COc1cc(Cc2cc(-c3ccncc3)n[nH]2)cc(OC)c1. The summed E-state index contributed by atoms with van der Waals surface area (Å²) in [5.41, 5.74) is 4.08. The van der Waals surface area contributed by atoms with Crippen LogP contribution in [0.1, 0.15) is 11.3 Å². The predicted molar refractivity (Wildman–Crippen MR) is 84.2 cm³/mol. The minimum absolute atomic E-state index is 0.728. The summed E-state index contributed by atoms with van der Waals surface area (Å²) in [6.07, 6.45) is 4.25. The first-order chi connectivity index (χ1) is 10.8. The van der Waals surface area contributed by atoms with E-state index in [1.165, 1.54) is 0 Å². The summed E-state index contributed by atoms with van der Waals surface area (Å²) in [5, 5.41) is 7.43. The molecule has 0 fully saturated rings. The lowest BCUT2D eigenvalue weighted by molar-refractivity contribution is 0.393. The van der Waals surface area contributed by atoms with Crippen LogP contribution in [-0.4, -0.2) is 29.4 Å². The number of nitrogens with zero attached hydrogens (tertiary/aromatic N) is 2. The lowest BCUT2D eigenvalue weighted by Gasteiger charge is -2.07. The van der Waals surface area contributed by atoms with Crippen molar-refractivity contribution in [3.63, 3.8) is 0 Å². The van der Waals surface area contributed by atoms with Crippen molar-refractivity contribution in [2.45, 2.75) is 6.42 Å². The second-order valence-electron chi connectivity index (χ2n) is 4.91. The Hall–Kier alpha value is -2.82. The molecule has 2 aromatic heterocycles. The number of aromatic amines is 1.